The molecule has 19 heavy (non-hydrogen) atoms. The number of aromatic nitrogens is 2. The molecule has 2 rings (SSSR count). The third-order valence-corrected chi connectivity index (χ3v) is 3.53. The van der Waals surface area contributed by atoms with Crippen molar-refractivity contribution in [2.75, 3.05) is 6.61 Å². The van der Waals surface area contributed by atoms with Gasteiger partial charge in [-0.05, 0) is 24.8 Å². The van der Waals surface area contributed by atoms with Crippen LogP contribution in [0.1, 0.15) is 39.5 Å². The molecular formula is C16H23N2O+. The average molecular weight is 259 g/mol. The predicted molar refractivity (Wildman–Crippen MR) is 76.7 cm³/mol. The van der Waals surface area contributed by atoms with Crippen molar-refractivity contribution in [1.29, 1.82) is 0 Å². The molecule has 3 nitrogen and oxygen atoms in total. The van der Waals surface area contributed by atoms with E-state index in [1.165, 1.54) is 25.7 Å². The first-order valence-corrected chi connectivity index (χ1v) is 7.23. The molecule has 3 heteroatoms. The fourth-order valence-electron chi connectivity index (χ4n) is 2.21. The van der Waals surface area contributed by atoms with Crippen LogP contribution in [0.15, 0.2) is 36.7 Å². The predicted octanol–water partition coefficient (Wildman–Crippen LogP) is 3.17. The molecule has 102 valence electrons. The second-order valence-corrected chi connectivity index (χ2v) is 4.95. The highest BCUT2D eigenvalue weighted by molar-refractivity contribution is 5.69. The number of unbranched alkanes of at least 4 members (excludes halogenated alkanes) is 1. The highest BCUT2D eigenvalue weighted by Crippen LogP contribution is 2.11. The van der Waals surface area contributed by atoms with Gasteiger partial charge in [-0.25, -0.2) is 4.98 Å². The Hall–Kier alpha value is -1.64. The Morgan fingerprint density at radius 2 is 2.11 bits per heavy atom. The molecule has 1 atom stereocenters. The zero-order valence-electron chi connectivity index (χ0n) is 11.9. The molecule has 0 saturated carbocycles. The van der Waals surface area contributed by atoms with E-state index in [0.717, 1.165) is 17.6 Å². The summed E-state index contributed by atoms with van der Waals surface area (Å²) in [5.41, 5.74) is 1.99. The normalized spacial score (nSPS) is 12.5. The molecule has 1 heterocycles. The second-order valence-electron chi connectivity index (χ2n) is 4.95. The largest absolute Gasteiger partial charge is 0.282 e. The number of rotatable bonds is 7. The number of nitrogens with zero attached hydrogens (tertiary/aromatic N) is 2. The number of hydrogen-bond donors (Lipinski definition) is 0. The van der Waals surface area contributed by atoms with Crippen molar-refractivity contribution < 1.29 is 9.57 Å². The minimum absolute atomic E-state index is 0.638. The van der Waals surface area contributed by atoms with Crippen LogP contribution in [0.25, 0.3) is 11.0 Å². The van der Waals surface area contributed by atoms with Gasteiger partial charge in [0.25, 0.3) is 5.52 Å². The van der Waals surface area contributed by atoms with Crippen LogP contribution in [0.4, 0.5) is 0 Å². The summed E-state index contributed by atoms with van der Waals surface area (Å²) < 4.78 is 1.84. The van der Waals surface area contributed by atoms with Crippen molar-refractivity contribution in [2.45, 2.75) is 39.5 Å². The number of para-hydroxylation sites is 2. The lowest BCUT2D eigenvalue weighted by atomic mass is 10.0. The highest BCUT2D eigenvalue weighted by Gasteiger charge is 2.14. The summed E-state index contributed by atoms with van der Waals surface area (Å²) in [6.07, 6.45) is 8.62. The van der Waals surface area contributed by atoms with E-state index < -0.39 is 0 Å². The fourth-order valence-corrected chi connectivity index (χ4v) is 2.21. The molecule has 0 saturated heterocycles. The lowest BCUT2D eigenvalue weighted by molar-refractivity contribution is -0.872. The molecule has 0 amide bonds. The molecule has 0 N–H and O–H groups in total. The van der Waals surface area contributed by atoms with Crippen molar-refractivity contribution in [1.82, 2.24) is 4.98 Å². The van der Waals surface area contributed by atoms with E-state index in [4.69, 9.17) is 4.84 Å². The van der Waals surface area contributed by atoms with E-state index in [9.17, 15) is 0 Å². The standard InChI is InChI=1S/C16H23N2O/c1-3-5-8-14(4-2)13-19-18-12-11-17-15-9-6-7-10-16(15)18/h6-7,9-12,14H,3-5,8,13H2,1-2H3/q+1. The van der Waals surface area contributed by atoms with Crippen LogP contribution in [0.3, 0.4) is 0 Å². The maximum Gasteiger partial charge on any atom is 0.282 e. The van der Waals surface area contributed by atoms with Crippen LogP contribution in [0, 0.1) is 5.92 Å². The van der Waals surface area contributed by atoms with Crippen LogP contribution >= 0.6 is 0 Å². The van der Waals surface area contributed by atoms with Gasteiger partial charge < -0.3 is 0 Å². The summed E-state index contributed by atoms with van der Waals surface area (Å²) in [4.78, 5) is 10.3. The van der Waals surface area contributed by atoms with Gasteiger partial charge >= 0.3 is 0 Å². The van der Waals surface area contributed by atoms with Gasteiger partial charge in [-0.1, -0.05) is 38.8 Å². The van der Waals surface area contributed by atoms with Crippen molar-refractivity contribution in [3.05, 3.63) is 36.7 Å². The molecule has 0 aliphatic rings. The third-order valence-electron chi connectivity index (χ3n) is 3.53. The fraction of sp³-hybridized carbons (Fsp3) is 0.500. The minimum Gasteiger partial charge on any atom is -0.270 e. The molecule has 1 aromatic carbocycles. The van der Waals surface area contributed by atoms with Gasteiger partial charge in [0.1, 0.15) is 5.52 Å². The average Bonchev–Trinajstić information content (AvgIpc) is 2.47. The molecule has 0 spiro atoms. The van der Waals surface area contributed by atoms with E-state index in [2.05, 4.69) is 18.8 Å². The lowest BCUT2D eigenvalue weighted by Gasteiger charge is -2.11. The molecule has 0 aliphatic carbocycles. The van der Waals surface area contributed by atoms with Gasteiger partial charge in [0.15, 0.2) is 6.61 Å². The summed E-state index contributed by atoms with van der Waals surface area (Å²) in [6, 6.07) is 8.05. The molecule has 2 aromatic rings. The van der Waals surface area contributed by atoms with Crippen molar-refractivity contribution in [3.63, 3.8) is 0 Å². The van der Waals surface area contributed by atoms with Crippen molar-refractivity contribution in [2.24, 2.45) is 5.92 Å². The molecule has 0 radical (unpaired) electrons. The van der Waals surface area contributed by atoms with Crippen LogP contribution in [-0.4, -0.2) is 11.6 Å². The van der Waals surface area contributed by atoms with Crippen molar-refractivity contribution in [3.8, 4) is 0 Å². The maximum atomic E-state index is 5.95. The first kappa shape index (κ1) is 13.8. The Bertz CT molecular complexity index is 508. The zero-order valence-corrected chi connectivity index (χ0v) is 11.9. The van der Waals surface area contributed by atoms with Crippen LogP contribution < -0.4 is 9.57 Å². The molecule has 1 aromatic heterocycles. The SMILES string of the molecule is CCCCC(CC)CO[n+]1ccnc2ccccc21. The molecule has 0 aliphatic heterocycles. The first-order chi connectivity index (χ1) is 9.35. The van der Waals surface area contributed by atoms with E-state index in [1.807, 2.05) is 35.2 Å². The number of benzene rings is 1. The first-order valence-electron chi connectivity index (χ1n) is 7.23. The van der Waals surface area contributed by atoms with E-state index >= 15 is 0 Å². The van der Waals surface area contributed by atoms with E-state index in [1.54, 1.807) is 6.20 Å². The summed E-state index contributed by atoms with van der Waals surface area (Å²) in [6.45, 7) is 5.24. The van der Waals surface area contributed by atoms with Crippen LogP contribution in [-0.2, 0) is 0 Å². The molecular weight excluding hydrogens is 236 g/mol. The van der Waals surface area contributed by atoms with Gasteiger partial charge in [0.05, 0.1) is 6.20 Å². The smallest absolute Gasteiger partial charge is 0.270 e. The van der Waals surface area contributed by atoms with Gasteiger partial charge in [0, 0.05) is 10.8 Å². The summed E-state index contributed by atoms with van der Waals surface area (Å²) >= 11 is 0. The Morgan fingerprint density at radius 1 is 1.26 bits per heavy atom. The topological polar surface area (TPSA) is 26.0 Å². The van der Waals surface area contributed by atoms with E-state index in [-0.39, 0.29) is 0 Å². The highest BCUT2D eigenvalue weighted by atomic mass is 16.7. The van der Waals surface area contributed by atoms with Crippen LogP contribution in [0.5, 0.6) is 0 Å². The third kappa shape index (κ3) is 3.66. The van der Waals surface area contributed by atoms with Gasteiger partial charge in [-0.15, -0.1) is 0 Å². The monoisotopic (exact) mass is 259 g/mol. The summed E-state index contributed by atoms with van der Waals surface area (Å²) in [5, 5.41) is 0. The second kappa shape index (κ2) is 7.07. The summed E-state index contributed by atoms with van der Waals surface area (Å²) in [5.74, 6) is 0.638. The van der Waals surface area contributed by atoms with Gasteiger partial charge in [-0.2, -0.15) is 0 Å². The molecule has 0 fully saturated rings. The Labute approximate surface area is 115 Å². The minimum atomic E-state index is 0.638. The number of fused-ring (bicyclic) bond motifs is 1. The Balaban J connectivity index is 2.04. The quantitative estimate of drug-likeness (QED) is 0.714. The van der Waals surface area contributed by atoms with Gasteiger partial charge in [-0.3, -0.25) is 4.84 Å². The van der Waals surface area contributed by atoms with E-state index in [0.29, 0.717) is 5.92 Å². The molecule has 0 bridgehead atoms. The summed E-state index contributed by atoms with van der Waals surface area (Å²) in [7, 11) is 0. The number of hydrogen-bond acceptors (Lipinski definition) is 2. The van der Waals surface area contributed by atoms with Crippen LogP contribution in [0.2, 0.25) is 0 Å². The zero-order chi connectivity index (χ0) is 13.5. The van der Waals surface area contributed by atoms with Gasteiger partial charge in [0.2, 0.25) is 6.20 Å². The molecule has 1 unspecified atom stereocenters. The Kier molecular flexibility index (Phi) is 5.13. The van der Waals surface area contributed by atoms with Crippen molar-refractivity contribution >= 4 is 11.0 Å². The maximum absolute atomic E-state index is 5.95. The Morgan fingerprint density at radius 3 is 2.89 bits per heavy atom. The lowest BCUT2D eigenvalue weighted by Crippen LogP contribution is -2.45.